The zero-order valence-corrected chi connectivity index (χ0v) is 12.7. The largest absolute Gasteiger partial charge is 0.336 e. The Bertz CT molecular complexity index is 501. The highest BCUT2D eigenvalue weighted by molar-refractivity contribution is 5.94. The van der Waals surface area contributed by atoms with E-state index < -0.39 is 0 Å². The van der Waals surface area contributed by atoms with Crippen LogP contribution in [0, 0.1) is 12.7 Å². The van der Waals surface area contributed by atoms with E-state index in [9.17, 15) is 9.18 Å². The van der Waals surface area contributed by atoms with Crippen LogP contribution >= 0.6 is 0 Å². The van der Waals surface area contributed by atoms with Crippen molar-refractivity contribution in [2.75, 3.05) is 19.6 Å². The highest BCUT2D eigenvalue weighted by atomic mass is 19.1. The fraction of sp³-hybridized carbons (Fsp3) is 0.562. The van der Waals surface area contributed by atoms with Gasteiger partial charge in [0, 0.05) is 37.3 Å². The third-order valence-electron chi connectivity index (χ3n) is 4.03. The number of benzene rings is 1. The average Bonchev–Trinajstić information content (AvgIpc) is 2.40. The second-order valence-corrected chi connectivity index (χ2v) is 5.90. The van der Waals surface area contributed by atoms with Crippen molar-refractivity contribution >= 4 is 5.91 Å². The predicted octanol–water partition coefficient (Wildman–Crippen LogP) is 2.69. The Balaban J connectivity index is 2.09. The Morgan fingerprint density at radius 1 is 1.35 bits per heavy atom. The molecule has 1 aromatic carbocycles. The molecule has 110 valence electrons. The lowest BCUT2D eigenvalue weighted by Crippen LogP contribution is -2.55. The topological polar surface area (TPSA) is 23.6 Å². The Labute approximate surface area is 120 Å². The SMILES string of the molecule is Cc1cc(C(=O)N2CCN(C(C)C)C(C)C2)ccc1F. The van der Waals surface area contributed by atoms with E-state index in [1.165, 1.54) is 6.07 Å². The minimum Gasteiger partial charge on any atom is -0.336 e. The van der Waals surface area contributed by atoms with E-state index in [1.54, 1.807) is 19.1 Å². The molecule has 0 saturated carbocycles. The molecule has 1 unspecified atom stereocenters. The molecule has 0 bridgehead atoms. The Kier molecular flexibility index (Phi) is 4.43. The number of piperazine rings is 1. The first kappa shape index (κ1) is 15.0. The number of hydrogen-bond donors (Lipinski definition) is 0. The quantitative estimate of drug-likeness (QED) is 0.830. The number of carbonyl (C=O) groups is 1. The molecule has 3 nitrogen and oxygen atoms in total. The third kappa shape index (κ3) is 3.01. The van der Waals surface area contributed by atoms with Gasteiger partial charge in [-0.15, -0.1) is 0 Å². The van der Waals surface area contributed by atoms with E-state index in [1.807, 2.05) is 4.90 Å². The first-order chi connectivity index (χ1) is 9.40. The third-order valence-corrected chi connectivity index (χ3v) is 4.03. The predicted molar refractivity (Wildman–Crippen MR) is 78.3 cm³/mol. The van der Waals surface area contributed by atoms with Gasteiger partial charge < -0.3 is 4.90 Å². The van der Waals surface area contributed by atoms with Gasteiger partial charge in [-0.05, 0) is 51.5 Å². The highest BCUT2D eigenvalue weighted by Crippen LogP contribution is 2.17. The van der Waals surface area contributed by atoms with Gasteiger partial charge in [-0.25, -0.2) is 4.39 Å². The molecule has 1 amide bonds. The molecular formula is C16H23FN2O. The van der Waals surface area contributed by atoms with Gasteiger partial charge in [0.15, 0.2) is 0 Å². The van der Waals surface area contributed by atoms with Crippen LogP contribution in [0.2, 0.25) is 0 Å². The Hall–Kier alpha value is -1.42. The molecule has 0 radical (unpaired) electrons. The summed E-state index contributed by atoms with van der Waals surface area (Å²) >= 11 is 0. The van der Waals surface area contributed by atoms with E-state index in [4.69, 9.17) is 0 Å². The molecule has 1 fully saturated rings. The lowest BCUT2D eigenvalue weighted by molar-refractivity contribution is 0.0426. The normalized spacial score (nSPS) is 20.5. The van der Waals surface area contributed by atoms with Crippen LogP contribution in [0.25, 0.3) is 0 Å². The van der Waals surface area contributed by atoms with Crippen molar-refractivity contribution in [1.29, 1.82) is 0 Å². The Morgan fingerprint density at radius 2 is 2.05 bits per heavy atom. The molecule has 0 N–H and O–H groups in total. The van der Waals surface area contributed by atoms with Crippen LogP contribution in [-0.2, 0) is 0 Å². The van der Waals surface area contributed by atoms with Crippen molar-refractivity contribution in [3.8, 4) is 0 Å². The molecule has 0 aromatic heterocycles. The summed E-state index contributed by atoms with van der Waals surface area (Å²) < 4.78 is 13.3. The van der Waals surface area contributed by atoms with Crippen LogP contribution in [0.15, 0.2) is 18.2 Å². The van der Waals surface area contributed by atoms with Gasteiger partial charge in [0.2, 0.25) is 0 Å². The van der Waals surface area contributed by atoms with Crippen LogP contribution in [-0.4, -0.2) is 47.4 Å². The summed E-state index contributed by atoms with van der Waals surface area (Å²) in [6, 6.07) is 5.43. The molecule has 2 rings (SSSR count). The first-order valence-electron chi connectivity index (χ1n) is 7.21. The van der Waals surface area contributed by atoms with Crippen LogP contribution in [0.5, 0.6) is 0 Å². The summed E-state index contributed by atoms with van der Waals surface area (Å²) in [5.41, 5.74) is 1.10. The van der Waals surface area contributed by atoms with E-state index in [-0.39, 0.29) is 11.7 Å². The average molecular weight is 278 g/mol. The molecule has 1 aliphatic rings. The number of rotatable bonds is 2. The number of carbonyl (C=O) groups excluding carboxylic acids is 1. The van der Waals surface area contributed by atoms with E-state index in [0.29, 0.717) is 23.2 Å². The number of aryl methyl sites for hydroxylation is 1. The summed E-state index contributed by atoms with van der Waals surface area (Å²) in [6.07, 6.45) is 0. The van der Waals surface area contributed by atoms with Crippen LogP contribution < -0.4 is 0 Å². The van der Waals surface area contributed by atoms with Gasteiger partial charge >= 0.3 is 0 Å². The zero-order chi connectivity index (χ0) is 14.9. The van der Waals surface area contributed by atoms with Crippen LogP contribution in [0.4, 0.5) is 4.39 Å². The maximum Gasteiger partial charge on any atom is 0.253 e. The molecule has 0 spiro atoms. The lowest BCUT2D eigenvalue weighted by Gasteiger charge is -2.42. The van der Waals surface area contributed by atoms with Crippen molar-refractivity contribution in [3.63, 3.8) is 0 Å². The summed E-state index contributed by atoms with van der Waals surface area (Å²) in [5.74, 6) is -0.261. The maximum absolute atomic E-state index is 13.3. The summed E-state index contributed by atoms with van der Waals surface area (Å²) in [5, 5.41) is 0. The molecule has 4 heteroatoms. The lowest BCUT2D eigenvalue weighted by atomic mass is 10.1. The van der Waals surface area contributed by atoms with E-state index in [0.717, 1.165) is 19.6 Å². The minimum atomic E-state index is -0.264. The molecule has 0 aliphatic carbocycles. The molecule has 1 atom stereocenters. The smallest absolute Gasteiger partial charge is 0.253 e. The number of nitrogens with zero attached hydrogens (tertiary/aromatic N) is 2. The molecular weight excluding hydrogens is 255 g/mol. The first-order valence-corrected chi connectivity index (χ1v) is 7.21. The summed E-state index contributed by atoms with van der Waals surface area (Å²) in [6.45, 7) is 10.5. The van der Waals surface area contributed by atoms with E-state index >= 15 is 0 Å². The number of amides is 1. The zero-order valence-electron chi connectivity index (χ0n) is 12.7. The number of halogens is 1. The summed E-state index contributed by atoms with van der Waals surface area (Å²) in [4.78, 5) is 16.7. The van der Waals surface area contributed by atoms with Crippen molar-refractivity contribution in [1.82, 2.24) is 9.80 Å². The van der Waals surface area contributed by atoms with Gasteiger partial charge in [-0.1, -0.05) is 0 Å². The van der Waals surface area contributed by atoms with Gasteiger partial charge in [-0.3, -0.25) is 9.69 Å². The molecule has 20 heavy (non-hydrogen) atoms. The summed E-state index contributed by atoms with van der Waals surface area (Å²) in [7, 11) is 0. The maximum atomic E-state index is 13.3. The number of hydrogen-bond acceptors (Lipinski definition) is 2. The molecule has 1 aromatic rings. The van der Waals surface area contributed by atoms with Gasteiger partial charge in [0.1, 0.15) is 5.82 Å². The second kappa shape index (κ2) is 5.92. The van der Waals surface area contributed by atoms with Gasteiger partial charge in [0.25, 0.3) is 5.91 Å². The minimum absolute atomic E-state index is 0.00311. The standard InChI is InChI=1S/C16H23FN2O/c1-11(2)19-8-7-18(10-13(19)4)16(20)14-5-6-15(17)12(3)9-14/h5-6,9,11,13H,7-8,10H2,1-4H3. The van der Waals surface area contributed by atoms with Crippen molar-refractivity contribution in [2.24, 2.45) is 0 Å². The molecule has 1 aliphatic heterocycles. The van der Waals surface area contributed by atoms with Crippen molar-refractivity contribution in [2.45, 2.75) is 39.8 Å². The molecule has 1 heterocycles. The molecule has 1 saturated heterocycles. The van der Waals surface area contributed by atoms with Gasteiger partial charge in [0.05, 0.1) is 0 Å². The highest BCUT2D eigenvalue weighted by Gasteiger charge is 2.28. The Morgan fingerprint density at radius 3 is 2.60 bits per heavy atom. The van der Waals surface area contributed by atoms with E-state index in [2.05, 4.69) is 25.7 Å². The van der Waals surface area contributed by atoms with Crippen LogP contribution in [0.1, 0.15) is 36.7 Å². The van der Waals surface area contributed by atoms with Gasteiger partial charge in [-0.2, -0.15) is 0 Å². The van der Waals surface area contributed by atoms with Crippen LogP contribution in [0.3, 0.4) is 0 Å². The fourth-order valence-corrected chi connectivity index (χ4v) is 2.88. The van der Waals surface area contributed by atoms with Crippen molar-refractivity contribution < 1.29 is 9.18 Å². The fourth-order valence-electron chi connectivity index (χ4n) is 2.88. The van der Waals surface area contributed by atoms with Crippen molar-refractivity contribution in [3.05, 3.63) is 35.1 Å². The second-order valence-electron chi connectivity index (χ2n) is 5.90. The monoisotopic (exact) mass is 278 g/mol.